The molecule has 0 saturated carbocycles. The number of nitrogens with zero attached hydrogens (tertiary/aromatic N) is 3. The van der Waals surface area contributed by atoms with Gasteiger partial charge in [0.25, 0.3) is 5.91 Å². The van der Waals surface area contributed by atoms with E-state index in [0.717, 1.165) is 22.4 Å². The molecule has 0 aliphatic carbocycles. The molecular weight excluding hydrogens is 314 g/mol. The van der Waals surface area contributed by atoms with Crippen molar-refractivity contribution in [2.75, 3.05) is 5.32 Å². The van der Waals surface area contributed by atoms with Crippen molar-refractivity contribution in [3.63, 3.8) is 0 Å². The van der Waals surface area contributed by atoms with E-state index in [1.54, 1.807) is 24.7 Å². The zero-order valence-electron chi connectivity index (χ0n) is 14.2. The van der Waals surface area contributed by atoms with Crippen molar-refractivity contribution in [1.82, 2.24) is 20.3 Å². The number of aromatic nitrogens is 3. The van der Waals surface area contributed by atoms with Crippen molar-refractivity contribution in [2.24, 2.45) is 0 Å². The maximum Gasteiger partial charge on any atom is 0.270 e. The van der Waals surface area contributed by atoms with Crippen LogP contribution >= 0.6 is 0 Å². The lowest BCUT2D eigenvalue weighted by Crippen LogP contribution is -2.24. The van der Waals surface area contributed by atoms with Crippen molar-refractivity contribution in [1.29, 1.82) is 0 Å². The molecule has 0 fully saturated rings. The van der Waals surface area contributed by atoms with Crippen LogP contribution in [0.4, 0.5) is 11.6 Å². The Balaban J connectivity index is 1.70. The van der Waals surface area contributed by atoms with Gasteiger partial charge in [-0.2, -0.15) is 0 Å². The Hall–Kier alpha value is -3.28. The van der Waals surface area contributed by atoms with Crippen molar-refractivity contribution < 1.29 is 4.79 Å². The molecule has 0 spiro atoms. The highest BCUT2D eigenvalue weighted by atomic mass is 16.1. The summed E-state index contributed by atoms with van der Waals surface area (Å²) in [5.41, 5.74) is 4.44. The lowest BCUT2D eigenvalue weighted by molar-refractivity contribution is 0.0946. The number of pyridine rings is 1. The van der Waals surface area contributed by atoms with E-state index in [0.29, 0.717) is 18.2 Å². The van der Waals surface area contributed by atoms with E-state index >= 15 is 0 Å². The summed E-state index contributed by atoms with van der Waals surface area (Å²) in [6.45, 7) is 4.45. The summed E-state index contributed by atoms with van der Waals surface area (Å²) < 4.78 is 0. The van der Waals surface area contributed by atoms with Gasteiger partial charge in [0.1, 0.15) is 5.69 Å². The molecule has 2 heterocycles. The van der Waals surface area contributed by atoms with Gasteiger partial charge in [-0.3, -0.25) is 9.78 Å². The van der Waals surface area contributed by atoms with Crippen LogP contribution in [0.25, 0.3) is 0 Å². The molecule has 2 N–H and O–H groups in total. The van der Waals surface area contributed by atoms with Crippen molar-refractivity contribution >= 4 is 17.5 Å². The van der Waals surface area contributed by atoms with Crippen molar-refractivity contribution in [3.05, 3.63) is 77.4 Å². The van der Waals surface area contributed by atoms with E-state index in [9.17, 15) is 4.79 Å². The Morgan fingerprint density at radius 2 is 1.84 bits per heavy atom. The first kappa shape index (κ1) is 16.6. The van der Waals surface area contributed by atoms with Gasteiger partial charge in [-0.1, -0.05) is 12.1 Å². The molecule has 6 heteroatoms. The molecule has 1 amide bonds. The monoisotopic (exact) mass is 333 g/mol. The molecule has 0 aliphatic heterocycles. The molecule has 0 aliphatic rings. The predicted octanol–water partition coefficient (Wildman–Crippen LogP) is 3.16. The largest absolute Gasteiger partial charge is 0.347 e. The van der Waals surface area contributed by atoms with E-state index in [1.807, 2.05) is 44.2 Å². The number of benzene rings is 1. The van der Waals surface area contributed by atoms with Gasteiger partial charge in [0, 0.05) is 30.8 Å². The molecule has 126 valence electrons. The third-order valence-electron chi connectivity index (χ3n) is 3.73. The number of carbonyl (C=O) groups is 1. The van der Waals surface area contributed by atoms with Gasteiger partial charge >= 0.3 is 0 Å². The Bertz CT molecular complexity index is 880. The Morgan fingerprint density at radius 3 is 2.64 bits per heavy atom. The van der Waals surface area contributed by atoms with E-state index in [2.05, 4.69) is 25.6 Å². The van der Waals surface area contributed by atoms with E-state index in [4.69, 9.17) is 0 Å². The topological polar surface area (TPSA) is 79.8 Å². The number of anilines is 2. The number of amides is 1. The second-order valence-corrected chi connectivity index (χ2v) is 5.75. The smallest absolute Gasteiger partial charge is 0.270 e. The normalized spacial score (nSPS) is 10.3. The highest BCUT2D eigenvalue weighted by Gasteiger charge is 2.09. The molecule has 1 aromatic carbocycles. The van der Waals surface area contributed by atoms with Gasteiger partial charge in [0.15, 0.2) is 0 Å². The lowest BCUT2D eigenvalue weighted by atomic mass is 10.1. The standard InChI is InChI=1S/C19H19N5O/c1-13-3-4-14(2)17(11-13)24-19-21-10-7-16(23-19)18(25)22-12-15-5-8-20-9-6-15/h3-11H,12H2,1-2H3,(H,22,25)(H,21,23,24). The summed E-state index contributed by atoms with van der Waals surface area (Å²) in [5, 5.41) is 6.01. The zero-order valence-corrected chi connectivity index (χ0v) is 14.2. The number of carbonyl (C=O) groups excluding carboxylic acids is 1. The molecule has 3 aromatic rings. The molecule has 0 atom stereocenters. The first-order chi connectivity index (χ1) is 12.1. The molecule has 2 aromatic heterocycles. The van der Waals surface area contributed by atoms with Crippen LogP contribution in [0, 0.1) is 13.8 Å². The average Bonchev–Trinajstić information content (AvgIpc) is 2.64. The highest BCUT2D eigenvalue weighted by Crippen LogP contribution is 2.19. The number of aryl methyl sites for hydroxylation is 2. The van der Waals surface area contributed by atoms with Crippen LogP contribution in [0.2, 0.25) is 0 Å². The van der Waals surface area contributed by atoms with Gasteiger partial charge < -0.3 is 10.6 Å². The minimum Gasteiger partial charge on any atom is -0.347 e. The van der Waals surface area contributed by atoms with Crippen LogP contribution in [-0.2, 0) is 6.54 Å². The van der Waals surface area contributed by atoms with Crippen molar-refractivity contribution in [3.8, 4) is 0 Å². The molecule has 0 bridgehead atoms. The summed E-state index contributed by atoms with van der Waals surface area (Å²) in [4.78, 5) is 24.8. The number of rotatable bonds is 5. The summed E-state index contributed by atoms with van der Waals surface area (Å²) >= 11 is 0. The fraction of sp³-hybridized carbons (Fsp3) is 0.158. The van der Waals surface area contributed by atoms with Crippen LogP contribution in [0.5, 0.6) is 0 Å². The maximum atomic E-state index is 12.3. The summed E-state index contributed by atoms with van der Waals surface area (Å²) in [6.07, 6.45) is 4.96. The fourth-order valence-electron chi connectivity index (χ4n) is 2.31. The Kier molecular flexibility index (Phi) is 4.99. The second-order valence-electron chi connectivity index (χ2n) is 5.75. The Morgan fingerprint density at radius 1 is 1.04 bits per heavy atom. The van der Waals surface area contributed by atoms with Crippen LogP contribution in [0.15, 0.2) is 55.0 Å². The lowest BCUT2D eigenvalue weighted by Gasteiger charge is -2.10. The SMILES string of the molecule is Cc1ccc(C)c(Nc2nccc(C(=O)NCc3ccncc3)n2)c1. The van der Waals surface area contributed by atoms with E-state index < -0.39 is 0 Å². The zero-order chi connectivity index (χ0) is 17.6. The highest BCUT2D eigenvalue weighted by molar-refractivity contribution is 5.92. The summed E-state index contributed by atoms with van der Waals surface area (Å²) in [7, 11) is 0. The van der Waals surface area contributed by atoms with Gasteiger partial charge in [-0.25, -0.2) is 9.97 Å². The van der Waals surface area contributed by atoms with Gasteiger partial charge in [-0.15, -0.1) is 0 Å². The molecular formula is C19H19N5O. The van der Waals surface area contributed by atoms with Crippen LogP contribution in [0.1, 0.15) is 27.2 Å². The third kappa shape index (κ3) is 4.38. The maximum absolute atomic E-state index is 12.3. The van der Waals surface area contributed by atoms with Gasteiger partial charge in [-0.05, 0) is 54.8 Å². The molecule has 0 saturated heterocycles. The van der Waals surface area contributed by atoms with Crippen LogP contribution in [-0.4, -0.2) is 20.9 Å². The van der Waals surface area contributed by atoms with E-state index in [-0.39, 0.29) is 5.91 Å². The summed E-state index contributed by atoms with van der Waals surface area (Å²) in [5.74, 6) is 0.147. The molecule has 3 rings (SSSR count). The quantitative estimate of drug-likeness (QED) is 0.750. The molecule has 0 unspecified atom stereocenters. The number of hydrogen-bond donors (Lipinski definition) is 2. The first-order valence-corrected chi connectivity index (χ1v) is 7.96. The van der Waals surface area contributed by atoms with Crippen LogP contribution < -0.4 is 10.6 Å². The predicted molar refractivity (Wildman–Crippen MR) is 96.6 cm³/mol. The van der Waals surface area contributed by atoms with Gasteiger partial charge in [0.2, 0.25) is 5.95 Å². The first-order valence-electron chi connectivity index (χ1n) is 7.96. The number of nitrogens with one attached hydrogen (secondary N) is 2. The Labute approximate surface area is 146 Å². The molecule has 0 radical (unpaired) electrons. The second kappa shape index (κ2) is 7.53. The van der Waals surface area contributed by atoms with Crippen LogP contribution in [0.3, 0.4) is 0 Å². The third-order valence-corrected chi connectivity index (χ3v) is 3.73. The van der Waals surface area contributed by atoms with Crippen molar-refractivity contribution in [2.45, 2.75) is 20.4 Å². The molecule has 25 heavy (non-hydrogen) atoms. The fourth-order valence-corrected chi connectivity index (χ4v) is 2.31. The minimum absolute atomic E-state index is 0.247. The van der Waals surface area contributed by atoms with E-state index in [1.165, 1.54) is 0 Å². The molecule has 6 nitrogen and oxygen atoms in total. The number of hydrogen-bond acceptors (Lipinski definition) is 5. The average molecular weight is 333 g/mol. The minimum atomic E-state index is -0.247. The summed E-state index contributed by atoms with van der Waals surface area (Å²) in [6, 6.07) is 11.4. The van der Waals surface area contributed by atoms with Gasteiger partial charge in [0.05, 0.1) is 0 Å².